The Balaban J connectivity index is 1.76. The van der Waals surface area contributed by atoms with Crippen LogP contribution in [0.3, 0.4) is 0 Å². The Bertz CT molecular complexity index is 954. The van der Waals surface area contributed by atoms with Crippen LogP contribution in [0.2, 0.25) is 10.0 Å². The zero-order chi connectivity index (χ0) is 19.6. The molecule has 1 atom stereocenters. The second-order valence-electron chi connectivity index (χ2n) is 6.41. The molecule has 0 N–H and O–H groups in total. The third-order valence-corrected chi connectivity index (χ3v) is 5.18. The van der Waals surface area contributed by atoms with Gasteiger partial charge < -0.3 is 9.32 Å². The number of halogens is 2. The van der Waals surface area contributed by atoms with Crippen LogP contribution < -0.4 is 0 Å². The van der Waals surface area contributed by atoms with Crippen LogP contribution in [0.4, 0.5) is 0 Å². The van der Waals surface area contributed by atoms with E-state index in [2.05, 4.69) is 4.98 Å². The third kappa shape index (κ3) is 4.34. The van der Waals surface area contributed by atoms with Crippen LogP contribution in [0, 0.1) is 6.92 Å². The van der Waals surface area contributed by atoms with E-state index in [0.717, 1.165) is 11.1 Å². The van der Waals surface area contributed by atoms with Crippen molar-refractivity contribution in [2.24, 2.45) is 0 Å². The first-order valence-corrected chi connectivity index (χ1v) is 9.34. The second kappa shape index (κ2) is 8.15. The van der Waals surface area contributed by atoms with Crippen molar-refractivity contribution in [1.29, 1.82) is 0 Å². The number of amides is 1. The maximum atomic E-state index is 12.8. The predicted molar refractivity (Wildman–Crippen MR) is 108 cm³/mol. The van der Waals surface area contributed by atoms with Gasteiger partial charge in [0.15, 0.2) is 0 Å². The number of hydrogen-bond donors (Lipinski definition) is 0. The fourth-order valence-corrected chi connectivity index (χ4v) is 3.40. The number of aryl methyl sites for hydroxylation is 1. The van der Waals surface area contributed by atoms with Gasteiger partial charge in [-0.2, -0.15) is 0 Å². The Morgan fingerprint density at radius 2 is 1.89 bits per heavy atom. The molecule has 1 amide bonds. The van der Waals surface area contributed by atoms with E-state index in [-0.39, 0.29) is 18.4 Å². The van der Waals surface area contributed by atoms with Crippen LogP contribution >= 0.6 is 23.2 Å². The molecule has 3 rings (SSSR count). The number of likely N-dealkylation sites (N-methyl/N-ethyl adjacent to an activating group) is 1. The minimum atomic E-state index is -0.192. The highest BCUT2D eigenvalue weighted by atomic mass is 35.5. The molecule has 0 aliphatic carbocycles. The summed E-state index contributed by atoms with van der Waals surface area (Å²) in [5.41, 5.74) is 2.37. The lowest BCUT2D eigenvalue weighted by molar-refractivity contribution is -0.131. The Morgan fingerprint density at radius 1 is 1.19 bits per heavy atom. The van der Waals surface area contributed by atoms with Gasteiger partial charge in [0.2, 0.25) is 11.8 Å². The molecule has 140 valence electrons. The van der Waals surface area contributed by atoms with Crippen molar-refractivity contribution in [2.45, 2.75) is 26.3 Å². The summed E-state index contributed by atoms with van der Waals surface area (Å²) in [6.07, 6.45) is 0.161. The Kier molecular flexibility index (Phi) is 5.88. The van der Waals surface area contributed by atoms with Gasteiger partial charge in [-0.25, -0.2) is 4.98 Å². The fraction of sp³-hybridized carbons (Fsp3) is 0.238. The molecule has 1 heterocycles. The largest absolute Gasteiger partial charge is 0.441 e. The van der Waals surface area contributed by atoms with Crippen molar-refractivity contribution in [1.82, 2.24) is 9.88 Å². The highest BCUT2D eigenvalue weighted by Crippen LogP contribution is 2.29. The maximum absolute atomic E-state index is 12.8. The molecule has 0 aliphatic rings. The molecule has 4 nitrogen and oxygen atoms in total. The molecule has 1 aromatic heterocycles. The van der Waals surface area contributed by atoms with Crippen LogP contribution in [-0.2, 0) is 11.2 Å². The maximum Gasteiger partial charge on any atom is 0.228 e. The summed E-state index contributed by atoms with van der Waals surface area (Å²) < 4.78 is 5.74. The SMILES string of the molecule is Cc1oc(-c2ccccc2)nc1CC(=O)N(C)C(C)c1ccc(Cl)cc1Cl. The van der Waals surface area contributed by atoms with E-state index in [1.165, 1.54) is 0 Å². The highest BCUT2D eigenvalue weighted by Gasteiger charge is 2.22. The number of oxazole rings is 1. The van der Waals surface area contributed by atoms with E-state index >= 15 is 0 Å². The number of carbonyl (C=O) groups excluding carboxylic acids is 1. The first-order valence-electron chi connectivity index (χ1n) is 8.59. The van der Waals surface area contributed by atoms with E-state index in [1.807, 2.05) is 50.2 Å². The van der Waals surface area contributed by atoms with Crippen molar-refractivity contribution in [3.63, 3.8) is 0 Å². The van der Waals surface area contributed by atoms with Crippen molar-refractivity contribution >= 4 is 29.1 Å². The van der Waals surface area contributed by atoms with Gasteiger partial charge in [0.05, 0.1) is 18.2 Å². The Morgan fingerprint density at radius 3 is 2.56 bits per heavy atom. The standard InChI is InChI=1S/C21H20Cl2N2O2/c1-13(17-10-9-16(22)11-18(17)23)25(3)20(26)12-19-14(2)27-21(24-19)15-7-5-4-6-8-15/h4-11,13H,12H2,1-3H3. The smallest absolute Gasteiger partial charge is 0.228 e. The third-order valence-electron chi connectivity index (χ3n) is 4.62. The molecule has 0 spiro atoms. The van der Waals surface area contributed by atoms with Gasteiger partial charge in [-0.05, 0) is 43.7 Å². The summed E-state index contributed by atoms with van der Waals surface area (Å²) >= 11 is 12.2. The second-order valence-corrected chi connectivity index (χ2v) is 7.25. The minimum Gasteiger partial charge on any atom is -0.441 e. The van der Waals surface area contributed by atoms with Crippen LogP contribution in [-0.4, -0.2) is 22.8 Å². The molecule has 0 saturated carbocycles. The van der Waals surface area contributed by atoms with E-state index in [4.69, 9.17) is 27.6 Å². The molecule has 0 aliphatic heterocycles. The number of aromatic nitrogens is 1. The average Bonchev–Trinajstić information content (AvgIpc) is 3.02. The lowest BCUT2D eigenvalue weighted by Crippen LogP contribution is -2.31. The number of hydrogen-bond acceptors (Lipinski definition) is 3. The summed E-state index contributed by atoms with van der Waals surface area (Å²) in [7, 11) is 1.76. The normalized spacial score (nSPS) is 12.0. The first-order chi connectivity index (χ1) is 12.9. The van der Waals surface area contributed by atoms with Gasteiger partial charge in [0.1, 0.15) is 5.76 Å². The number of carbonyl (C=O) groups is 1. The number of nitrogens with zero attached hydrogens (tertiary/aromatic N) is 2. The van der Waals surface area contributed by atoms with Crippen molar-refractivity contribution in [2.75, 3.05) is 7.05 Å². The average molecular weight is 403 g/mol. The topological polar surface area (TPSA) is 46.3 Å². The fourth-order valence-electron chi connectivity index (χ4n) is 2.83. The predicted octanol–water partition coefficient (Wildman–Crippen LogP) is 5.72. The van der Waals surface area contributed by atoms with Crippen molar-refractivity contribution in [3.05, 3.63) is 75.6 Å². The van der Waals surface area contributed by atoms with Crippen LogP contribution in [0.1, 0.15) is 30.0 Å². The molecule has 0 radical (unpaired) electrons. The lowest BCUT2D eigenvalue weighted by Gasteiger charge is -2.26. The summed E-state index contributed by atoms with van der Waals surface area (Å²) in [6.45, 7) is 3.75. The first kappa shape index (κ1) is 19.5. The molecule has 1 unspecified atom stereocenters. The molecule has 2 aromatic carbocycles. The Labute approximate surface area is 168 Å². The van der Waals surface area contributed by atoms with Crippen molar-refractivity contribution in [3.8, 4) is 11.5 Å². The monoisotopic (exact) mass is 402 g/mol. The van der Waals surface area contributed by atoms with E-state index in [9.17, 15) is 4.79 Å². The van der Waals surface area contributed by atoms with E-state index in [1.54, 1.807) is 24.1 Å². The lowest BCUT2D eigenvalue weighted by atomic mass is 10.1. The van der Waals surface area contributed by atoms with Crippen LogP contribution in [0.15, 0.2) is 52.9 Å². The van der Waals surface area contributed by atoms with E-state index in [0.29, 0.717) is 27.4 Å². The van der Waals surface area contributed by atoms with Gasteiger partial charge in [-0.15, -0.1) is 0 Å². The van der Waals surface area contributed by atoms with Crippen LogP contribution in [0.25, 0.3) is 11.5 Å². The molecule has 27 heavy (non-hydrogen) atoms. The molecular formula is C21H20Cl2N2O2. The molecule has 6 heteroatoms. The molecule has 0 bridgehead atoms. The zero-order valence-corrected chi connectivity index (χ0v) is 16.9. The molecular weight excluding hydrogens is 383 g/mol. The highest BCUT2D eigenvalue weighted by molar-refractivity contribution is 6.35. The zero-order valence-electron chi connectivity index (χ0n) is 15.4. The van der Waals surface area contributed by atoms with E-state index < -0.39 is 0 Å². The summed E-state index contributed by atoms with van der Waals surface area (Å²) in [5.74, 6) is 1.10. The summed E-state index contributed by atoms with van der Waals surface area (Å²) in [4.78, 5) is 18.9. The number of rotatable bonds is 5. The van der Waals surface area contributed by atoms with Crippen molar-refractivity contribution < 1.29 is 9.21 Å². The molecule has 3 aromatic rings. The summed E-state index contributed by atoms with van der Waals surface area (Å²) in [6, 6.07) is 14.7. The minimum absolute atomic E-state index is 0.0653. The number of benzene rings is 2. The quantitative estimate of drug-likeness (QED) is 0.548. The molecule has 0 fully saturated rings. The van der Waals surface area contributed by atoms with Gasteiger partial charge in [-0.1, -0.05) is 47.5 Å². The van der Waals surface area contributed by atoms with Crippen LogP contribution in [0.5, 0.6) is 0 Å². The van der Waals surface area contributed by atoms with Gasteiger partial charge in [0, 0.05) is 22.7 Å². The summed E-state index contributed by atoms with van der Waals surface area (Å²) in [5, 5.41) is 1.11. The van der Waals surface area contributed by atoms with Gasteiger partial charge >= 0.3 is 0 Å². The van der Waals surface area contributed by atoms with Gasteiger partial charge in [-0.3, -0.25) is 4.79 Å². The Hall–Kier alpha value is -2.30. The van der Waals surface area contributed by atoms with Gasteiger partial charge in [0.25, 0.3) is 0 Å². The molecule has 0 saturated heterocycles.